The number of carbonyl (C=O) groups excluding carboxylic acids is 1. The Morgan fingerprint density at radius 2 is 2.13 bits per heavy atom. The number of rotatable bonds is 5. The Kier molecular flexibility index (Phi) is 4.38. The lowest BCUT2D eigenvalue weighted by Gasteiger charge is -2.29. The average molecular weight is 225 g/mol. The second-order valence-corrected chi connectivity index (χ2v) is 2.87. The molecule has 0 spiro atoms. The minimum Gasteiger partial charge on any atom is -0.368 e. The van der Waals surface area contributed by atoms with Crippen molar-refractivity contribution in [2.24, 2.45) is 10.8 Å². The van der Waals surface area contributed by atoms with E-state index in [4.69, 9.17) is 5.53 Å². The van der Waals surface area contributed by atoms with Gasteiger partial charge < -0.3 is 5.73 Å². The van der Waals surface area contributed by atoms with Gasteiger partial charge in [0.1, 0.15) is 0 Å². The second-order valence-electron chi connectivity index (χ2n) is 2.87. The van der Waals surface area contributed by atoms with Crippen LogP contribution in [0.3, 0.4) is 0 Å². The molecule has 1 unspecified atom stereocenters. The van der Waals surface area contributed by atoms with Crippen LogP contribution >= 0.6 is 0 Å². The highest BCUT2D eigenvalue weighted by Crippen LogP contribution is 2.29. The van der Waals surface area contributed by atoms with E-state index in [2.05, 4.69) is 15.8 Å². The minimum absolute atomic E-state index is 0.199. The largest absolute Gasteiger partial charge is 0.415 e. The van der Waals surface area contributed by atoms with Gasteiger partial charge in [0.2, 0.25) is 5.91 Å². The van der Waals surface area contributed by atoms with Crippen molar-refractivity contribution in [3.63, 3.8) is 0 Å². The van der Waals surface area contributed by atoms with Crippen LogP contribution in [0, 0.1) is 0 Å². The molecule has 0 aliphatic carbocycles. The number of hydrogen-bond acceptors (Lipinski definition) is 3. The third kappa shape index (κ3) is 3.30. The Bertz CT molecular complexity index is 285. The zero-order chi connectivity index (χ0) is 12.1. The molecule has 0 rings (SSSR count). The van der Waals surface area contributed by atoms with E-state index >= 15 is 0 Å². The van der Waals surface area contributed by atoms with Gasteiger partial charge in [-0.3, -0.25) is 10.1 Å². The number of hydrogen-bond donors (Lipinski definition) is 2. The fourth-order valence-electron chi connectivity index (χ4n) is 0.728. The van der Waals surface area contributed by atoms with Crippen LogP contribution in [0.25, 0.3) is 10.4 Å². The first kappa shape index (κ1) is 13.5. The van der Waals surface area contributed by atoms with Gasteiger partial charge in [-0.2, -0.15) is 13.2 Å². The number of amides is 1. The van der Waals surface area contributed by atoms with Crippen molar-refractivity contribution in [3.05, 3.63) is 10.4 Å². The molecule has 3 N–H and O–H groups in total. The Hall–Kier alpha value is -1.47. The van der Waals surface area contributed by atoms with Crippen molar-refractivity contribution in [2.75, 3.05) is 13.1 Å². The van der Waals surface area contributed by atoms with E-state index in [1.807, 2.05) is 5.32 Å². The molecule has 9 heteroatoms. The van der Waals surface area contributed by atoms with Crippen LogP contribution in [0.4, 0.5) is 13.2 Å². The molecule has 1 amide bonds. The normalized spacial score (nSPS) is 15.2. The van der Waals surface area contributed by atoms with Gasteiger partial charge >= 0.3 is 6.18 Å². The summed E-state index contributed by atoms with van der Waals surface area (Å²) in [5, 5.41) is 4.92. The molecule has 0 fully saturated rings. The summed E-state index contributed by atoms with van der Waals surface area (Å²) in [5.41, 5.74) is 9.72. The van der Waals surface area contributed by atoms with Crippen LogP contribution < -0.4 is 11.1 Å². The Balaban J connectivity index is 4.54. The van der Waals surface area contributed by atoms with Crippen LogP contribution in [0.1, 0.15) is 6.92 Å². The maximum absolute atomic E-state index is 12.4. The van der Waals surface area contributed by atoms with Crippen molar-refractivity contribution in [1.29, 1.82) is 0 Å². The van der Waals surface area contributed by atoms with Gasteiger partial charge in [0.25, 0.3) is 0 Å². The second kappa shape index (κ2) is 4.85. The summed E-state index contributed by atoms with van der Waals surface area (Å²) >= 11 is 0. The van der Waals surface area contributed by atoms with Crippen molar-refractivity contribution < 1.29 is 18.0 Å². The number of nitrogens with one attached hydrogen (secondary N) is 1. The summed E-state index contributed by atoms with van der Waals surface area (Å²) in [6.45, 7) is 0.143. The maximum Gasteiger partial charge on any atom is 0.415 e. The molecule has 0 aliphatic rings. The van der Waals surface area contributed by atoms with Gasteiger partial charge in [0.15, 0.2) is 5.54 Å². The molecule has 0 aromatic heterocycles. The molecule has 0 bridgehead atoms. The lowest BCUT2D eigenvalue weighted by Crippen LogP contribution is -2.63. The molecule has 0 aromatic carbocycles. The molecular formula is C6H10F3N5O. The van der Waals surface area contributed by atoms with E-state index in [-0.39, 0.29) is 13.1 Å². The summed E-state index contributed by atoms with van der Waals surface area (Å²) in [6.07, 6.45) is -4.80. The van der Waals surface area contributed by atoms with Gasteiger partial charge in [-0.15, -0.1) is 0 Å². The molecule has 1 atom stereocenters. The van der Waals surface area contributed by atoms with Crippen LogP contribution in [0.2, 0.25) is 0 Å². The van der Waals surface area contributed by atoms with Crippen LogP contribution in [-0.2, 0) is 4.79 Å². The number of halogens is 3. The Morgan fingerprint density at radius 1 is 1.60 bits per heavy atom. The van der Waals surface area contributed by atoms with Crippen molar-refractivity contribution in [3.8, 4) is 0 Å². The lowest BCUT2D eigenvalue weighted by molar-refractivity contribution is -0.193. The zero-order valence-electron chi connectivity index (χ0n) is 7.88. The number of alkyl halides is 3. The molecule has 0 aromatic rings. The predicted molar refractivity (Wildman–Crippen MR) is 45.7 cm³/mol. The molecular weight excluding hydrogens is 215 g/mol. The van der Waals surface area contributed by atoms with E-state index in [1.165, 1.54) is 0 Å². The lowest BCUT2D eigenvalue weighted by atomic mass is 10.0. The monoisotopic (exact) mass is 225 g/mol. The van der Waals surface area contributed by atoms with E-state index < -0.39 is 17.6 Å². The van der Waals surface area contributed by atoms with Gasteiger partial charge in [0.05, 0.1) is 0 Å². The third-order valence-electron chi connectivity index (χ3n) is 1.81. The molecule has 0 heterocycles. The van der Waals surface area contributed by atoms with Crippen LogP contribution in [0.15, 0.2) is 5.11 Å². The Morgan fingerprint density at radius 3 is 2.47 bits per heavy atom. The quantitative estimate of drug-likeness (QED) is 0.311. The first-order valence-corrected chi connectivity index (χ1v) is 3.88. The van der Waals surface area contributed by atoms with Crippen LogP contribution in [-0.4, -0.2) is 30.7 Å². The maximum atomic E-state index is 12.4. The molecule has 86 valence electrons. The summed E-state index contributed by atoms with van der Waals surface area (Å²) in [6, 6.07) is 0. The first-order valence-electron chi connectivity index (χ1n) is 3.88. The highest BCUT2D eigenvalue weighted by atomic mass is 19.4. The number of carbonyl (C=O) groups is 1. The van der Waals surface area contributed by atoms with Gasteiger partial charge in [0, 0.05) is 18.0 Å². The van der Waals surface area contributed by atoms with E-state index in [0.717, 1.165) is 0 Å². The summed E-state index contributed by atoms with van der Waals surface area (Å²) in [7, 11) is 0. The van der Waals surface area contributed by atoms with E-state index in [0.29, 0.717) is 6.92 Å². The average Bonchev–Trinajstić information content (AvgIpc) is 2.09. The highest BCUT2D eigenvalue weighted by molar-refractivity contribution is 5.85. The predicted octanol–water partition coefficient (Wildman–Crippen LogP) is 0.693. The number of nitrogens with two attached hydrogens (primary N) is 1. The molecule has 0 radical (unpaired) electrons. The standard InChI is InChI=1S/C6H10F3N5O/c1-5(4(10)15,6(7,8)9)12-2-3-13-14-11/h12H,2-3H2,1H3,(H2,10,15). The summed E-state index contributed by atoms with van der Waals surface area (Å²) < 4.78 is 37.2. The van der Waals surface area contributed by atoms with Crippen molar-refractivity contribution in [2.45, 2.75) is 18.6 Å². The van der Waals surface area contributed by atoms with Crippen molar-refractivity contribution >= 4 is 5.91 Å². The fourth-order valence-corrected chi connectivity index (χ4v) is 0.728. The van der Waals surface area contributed by atoms with Crippen LogP contribution in [0.5, 0.6) is 0 Å². The molecule has 15 heavy (non-hydrogen) atoms. The van der Waals surface area contributed by atoms with Crippen molar-refractivity contribution in [1.82, 2.24) is 5.32 Å². The molecule has 0 aliphatic heterocycles. The summed E-state index contributed by atoms with van der Waals surface area (Å²) in [5.74, 6) is -1.53. The topological polar surface area (TPSA) is 104 Å². The molecule has 0 saturated heterocycles. The number of nitrogens with zero attached hydrogens (tertiary/aromatic N) is 3. The first-order chi connectivity index (χ1) is 6.75. The highest BCUT2D eigenvalue weighted by Gasteiger charge is 2.55. The SMILES string of the molecule is CC(NCCN=[N+]=[N-])(C(N)=O)C(F)(F)F. The number of azide groups is 1. The smallest absolute Gasteiger partial charge is 0.368 e. The Labute approximate surface area is 83.2 Å². The summed E-state index contributed by atoms with van der Waals surface area (Å²) in [4.78, 5) is 13.0. The number of primary amides is 1. The fraction of sp³-hybridized carbons (Fsp3) is 0.833. The van der Waals surface area contributed by atoms with E-state index in [1.54, 1.807) is 0 Å². The van der Waals surface area contributed by atoms with Gasteiger partial charge in [-0.1, -0.05) is 5.11 Å². The van der Waals surface area contributed by atoms with Gasteiger partial charge in [-0.05, 0) is 12.5 Å². The molecule has 0 saturated carbocycles. The zero-order valence-corrected chi connectivity index (χ0v) is 7.88. The third-order valence-corrected chi connectivity index (χ3v) is 1.81. The molecule has 6 nitrogen and oxygen atoms in total. The van der Waals surface area contributed by atoms with Gasteiger partial charge in [-0.25, -0.2) is 0 Å². The minimum atomic E-state index is -4.80. The van der Waals surface area contributed by atoms with E-state index in [9.17, 15) is 18.0 Å².